The van der Waals surface area contributed by atoms with Crippen LogP contribution in [0.3, 0.4) is 0 Å². The summed E-state index contributed by atoms with van der Waals surface area (Å²) in [5, 5.41) is 13.6. The van der Waals surface area contributed by atoms with Gasteiger partial charge in [-0.2, -0.15) is 0 Å². The number of pyridine rings is 1. The minimum atomic E-state index is -1.03. The van der Waals surface area contributed by atoms with Crippen LogP contribution in [-0.2, 0) is 4.74 Å². The van der Waals surface area contributed by atoms with Gasteiger partial charge in [0.15, 0.2) is 0 Å². The molecule has 0 atom stereocenters. The SMILES string of the molecule is COCCCOc1cc2ncc(-c3ncco3)c(Nc3ccccc3C(=O)O)c2cc1Br. The lowest BCUT2D eigenvalue weighted by Crippen LogP contribution is -2.05. The van der Waals surface area contributed by atoms with Crippen molar-refractivity contribution in [2.45, 2.75) is 6.42 Å². The van der Waals surface area contributed by atoms with Gasteiger partial charge in [-0.05, 0) is 34.1 Å². The maximum Gasteiger partial charge on any atom is 0.337 e. The standard InChI is InChI=1S/C23H20BrN3O5/c1-30-8-4-9-31-20-12-19-15(11-17(20)24)21(16(13-26-19)22-25-7-10-32-22)27-18-6-3-2-5-14(18)23(28)29/h2-3,5-7,10-13H,4,8-9H2,1H3,(H,26,27)(H,28,29). The Morgan fingerprint density at radius 3 is 2.81 bits per heavy atom. The number of aromatic carboxylic acids is 1. The molecule has 164 valence electrons. The average molecular weight is 498 g/mol. The normalized spacial score (nSPS) is 10.9. The van der Waals surface area contributed by atoms with Crippen LogP contribution in [-0.4, -0.2) is 41.4 Å². The van der Waals surface area contributed by atoms with E-state index in [0.717, 1.165) is 16.3 Å². The summed E-state index contributed by atoms with van der Waals surface area (Å²) in [6.07, 6.45) is 5.42. The van der Waals surface area contributed by atoms with Gasteiger partial charge >= 0.3 is 5.97 Å². The monoisotopic (exact) mass is 497 g/mol. The van der Waals surface area contributed by atoms with E-state index in [1.54, 1.807) is 43.8 Å². The highest BCUT2D eigenvalue weighted by Gasteiger charge is 2.18. The number of carbonyl (C=O) groups is 1. The van der Waals surface area contributed by atoms with Crippen LogP contribution in [0.4, 0.5) is 11.4 Å². The molecule has 2 aromatic heterocycles. The van der Waals surface area contributed by atoms with Gasteiger partial charge < -0.3 is 24.3 Å². The second-order valence-electron chi connectivity index (χ2n) is 6.85. The van der Waals surface area contributed by atoms with Crippen LogP contribution in [0.1, 0.15) is 16.8 Å². The molecule has 2 heterocycles. The number of nitrogens with zero attached hydrogens (tertiary/aromatic N) is 2. The molecular weight excluding hydrogens is 478 g/mol. The number of nitrogens with one attached hydrogen (secondary N) is 1. The van der Waals surface area contributed by atoms with Crippen molar-refractivity contribution >= 4 is 44.2 Å². The summed E-state index contributed by atoms with van der Waals surface area (Å²) in [5.41, 5.74) is 2.48. The lowest BCUT2D eigenvalue weighted by Gasteiger charge is -2.16. The number of carboxylic acids is 1. The molecular formula is C23H20BrN3O5. The van der Waals surface area contributed by atoms with Gasteiger partial charge in [0, 0.05) is 37.8 Å². The van der Waals surface area contributed by atoms with Gasteiger partial charge in [0.05, 0.1) is 45.3 Å². The molecule has 0 aliphatic heterocycles. The summed E-state index contributed by atoms with van der Waals surface area (Å²) in [5.74, 6) is -0.00959. The number of rotatable bonds is 9. The van der Waals surface area contributed by atoms with E-state index < -0.39 is 5.97 Å². The summed E-state index contributed by atoms with van der Waals surface area (Å²) >= 11 is 3.57. The number of carboxylic acid groups (broad SMARTS) is 1. The van der Waals surface area contributed by atoms with Crippen molar-refractivity contribution in [3.05, 3.63) is 65.1 Å². The smallest absolute Gasteiger partial charge is 0.337 e. The lowest BCUT2D eigenvalue weighted by atomic mass is 10.1. The number of methoxy groups -OCH3 is 1. The molecule has 0 aliphatic carbocycles. The number of para-hydroxylation sites is 1. The molecule has 4 rings (SSSR count). The van der Waals surface area contributed by atoms with E-state index in [1.165, 1.54) is 6.26 Å². The molecule has 9 heteroatoms. The van der Waals surface area contributed by atoms with Gasteiger partial charge in [-0.25, -0.2) is 9.78 Å². The van der Waals surface area contributed by atoms with Crippen molar-refractivity contribution in [2.75, 3.05) is 25.6 Å². The zero-order valence-corrected chi connectivity index (χ0v) is 18.8. The summed E-state index contributed by atoms with van der Waals surface area (Å²) in [7, 11) is 1.65. The number of fused-ring (bicyclic) bond motifs is 1. The Bertz CT molecular complexity index is 1240. The number of halogens is 1. The predicted octanol–water partition coefficient (Wildman–Crippen LogP) is 5.51. The third kappa shape index (κ3) is 4.58. The van der Waals surface area contributed by atoms with Gasteiger partial charge in [-0.3, -0.25) is 4.98 Å². The van der Waals surface area contributed by atoms with Crippen LogP contribution >= 0.6 is 15.9 Å². The van der Waals surface area contributed by atoms with Crippen molar-refractivity contribution in [3.8, 4) is 17.2 Å². The van der Waals surface area contributed by atoms with E-state index in [4.69, 9.17) is 13.9 Å². The topological polar surface area (TPSA) is 107 Å². The fourth-order valence-electron chi connectivity index (χ4n) is 3.26. The molecule has 0 fully saturated rings. The molecule has 0 unspecified atom stereocenters. The minimum Gasteiger partial charge on any atom is -0.492 e. The van der Waals surface area contributed by atoms with Gasteiger partial charge in [-0.15, -0.1) is 0 Å². The van der Waals surface area contributed by atoms with Crippen LogP contribution in [0, 0.1) is 0 Å². The average Bonchev–Trinajstić information content (AvgIpc) is 3.32. The van der Waals surface area contributed by atoms with Crippen molar-refractivity contribution in [2.24, 2.45) is 0 Å². The molecule has 0 aliphatic rings. The number of anilines is 2. The van der Waals surface area contributed by atoms with E-state index >= 15 is 0 Å². The Balaban J connectivity index is 1.82. The quantitative estimate of drug-likeness (QED) is 0.291. The second-order valence-corrected chi connectivity index (χ2v) is 7.71. The Kier molecular flexibility index (Phi) is 6.67. The maximum atomic E-state index is 11.7. The third-order valence-electron chi connectivity index (χ3n) is 4.75. The van der Waals surface area contributed by atoms with Gasteiger partial charge in [0.2, 0.25) is 5.89 Å². The van der Waals surface area contributed by atoms with Gasteiger partial charge in [0.25, 0.3) is 0 Å². The first kappa shape index (κ1) is 21.8. The third-order valence-corrected chi connectivity index (χ3v) is 5.37. The molecule has 2 aromatic carbocycles. The van der Waals surface area contributed by atoms with Crippen molar-refractivity contribution < 1.29 is 23.8 Å². The maximum absolute atomic E-state index is 11.7. The summed E-state index contributed by atoms with van der Waals surface area (Å²) in [6.45, 7) is 1.11. The number of aromatic nitrogens is 2. The molecule has 2 N–H and O–H groups in total. The van der Waals surface area contributed by atoms with E-state index in [9.17, 15) is 9.90 Å². The highest BCUT2D eigenvalue weighted by Crippen LogP contribution is 2.39. The highest BCUT2D eigenvalue weighted by molar-refractivity contribution is 9.10. The number of ether oxygens (including phenoxy) is 2. The predicted molar refractivity (Wildman–Crippen MR) is 124 cm³/mol. The van der Waals surface area contributed by atoms with E-state index in [1.807, 2.05) is 12.1 Å². The number of hydrogen-bond donors (Lipinski definition) is 2. The largest absolute Gasteiger partial charge is 0.492 e. The molecule has 0 saturated carbocycles. The first-order chi connectivity index (χ1) is 15.6. The van der Waals surface area contributed by atoms with E-state index in [-0.39, 0.29) is 5.56 Å². The van der Waals surface area contributed by atoms with Crippen LogP contribution in [0.15, 0.2) is 63.9 Å². The van der Waals surface area contributed by atoms with Crippen molar-refractivity contribution in [1.29, 1.82) is 0 Å². The van der Waals surface area contributed by atoms with Gasteiger partial charge in [0.1, 0.15) is 12.0 Å². The first-order valence-electron chi connectivity index (χ1n) is 9.81. The van der Waals surface area contributed by atoms with E-state index in [0.29, 0.717) is 47.3 Å². The Labute approximate surface area is 192 Å². The summed E-state index contributed by atoms with van der Waals surface area (Å²) in [6, 6.07) is 10.4. The lowest BCUT2D eigenvalue weighted by molar-refractivity contribution is 0.0698. The Morgan fingerprint density at radius 1 is 1.22 bits per heavy atom. The minimum absolute atomic E-state index is 0.146. The Hall–Kier alpha value is -3.43. The molecule has 0 bridgehead atoms. The molecule has 0 radical (unpaired) electrons. The number of benzene rings is 2. The van der Waals surface area contributed by atoms with Crippen molar-refractivity contribution in [3.63, 3.8) is 0 Å². The van der Waals surface area contributed by atoms with E-state index in [2.05, 4.69) is 31.2 Å². The second kappa shape index (κ2) is 9.80. The highest BCUT2D eigenvalue weighted by atomic mass is 79.9. The molecule has 0 amide bonds. The fraction of sp³-hybridized carbons (Fsp3) is 0.174. The van der Waals surface area contributed by atoms with Crippen molar-refractivity contribution in [1.82, 2.24) is 9.97 Å². The number of hydrogen-bond acceptors (Lipinski definition) is 7. The molecule has 4 aromatic rings. The van der Waals surface area contributed by atoms with Crippen LogP contribution < -0.4 is 10.1 Å². The summed E-state index contributed by atoms with van der Waals surface area (Å²) < 4.78 is 17.2. The zero-order chi connectivity index (χ0) is 22.5. The Morgan fingerprint density at radius 2 is 2.06 bits per heavy atom. The molecule has 8 nitrogen and oxygen atoms in total. The van der Waals surface area contributed by atoms with Crippen LogP contribution in [0.5, 0.6) is 5.75 Å². The van der Waals surface area contributed by atoms with Crippen LogP contribution in [0.2, 0.25) is 0 Å². The van der Waals surface area contributed by atoms with Crippen LogP contribution in [0.25, 0.3) is 22.4 Å². The molecule has 0 saturated heterocycles. The molecule has 32 heavy (non-hydrogen) atoms. The molecule has 0 spiro atoms. The first-order valence-corrected chi connectivity index (χ1v) is 10.6. The fourth-order valence-corrected chi connectivity index (χ4v) is 3.71. The number of oxazole rings is 1. The van der Waals surface area contributed by atoms with Gasteiger partial charge in [-0.1, -0.05) is 12.1 Å². The summed E-state index contributed by atoms with van der Waals surface area (Å²) in [4.78, 5) is 20.5. The zero-order valence-electron chi connectivity index (χ0n) is 17.2.